The summed E-state index contributed by atoms with van der Waals surface area (Å²) in [5.41, 5.74) is 2.69. The van der Waals surface area contributed by atoms with E-state index in [1.54, 1.807) is 19.2 Å². The Bertz CT molecular complexity index is 1470. The Labute approximate surface area is 241 Å². The minimum absolute atomic E-state index is 0.181. The van der Waals surface area contributed by atoms with Crippen LogP contribution in [0.25, 0.3) is 11.0 Å². The first kappa shape index (κ1) is 30.5. The number of nitrogens with one attached hydrogen (secondary N) is 2. The fourth-order valence-corrected chi connectivity index (χ4v) is 5.53. The summed E-state index contributed by atoms with van der Waals surface area (Å²) in [5, 5.41) is 52.4. The van der Waals surface area contributed by atoms with E-state index in [2.05, 4.69) is 10.3 Å². The maximum Gasteiger partial charge on any atom is 0.222 e. The van der Waals surface area contributed by atoms with E-state index in [0.717, 1.165) is 16.2 Å². The number of allylic oxidation sites excluding steroid dienone is 1. The van der Waals surface area contributed by atoms with Crippen LogP contribution in [0.4, 0.5) is 5.69 Å². The lowest BCUT2D eigenvalue weighted by atomic mass is 9.86. The third kappa shape index (κ3) is 5.80. The monoisotopic (exact) mass is 588 g/mol. The highest BCUT2D eigenvalue weighted by atomic mass is 17.2. The van der Waals surface area contributed by atoms with E-state index in [1.165, 1.54) is 6.07 Å². The number of hydrogen-bond donors (Lipinski definition) is 7. The highest BCUT2D eigenvalue weighted by Crippen LogP contribution is 2.44. The van der Waals surface area contributed by atoms with Crippen molar-refractivity contribution in [2.45, 2.75) is 62.8 Å². The molecular weight excluding hydrogens is 550 g/mol. The fourth-order valence-electron chi connectivity index (χ4n) is 5.53. The third-order valence-electron chi connectivity index (χ3n) is 8.04. The highest BCUT2D eigenvalue weighted by Gasteiger charge is 2.46. The molecule has 0 amide bonds. The molecule has 13 nitrogen and oxygen atoms in total. The second-order valence-electron chi connectivity index (χ2n) is 11.2. The van der Waals surface area contributed by atoms with Gasteiger partial charge in [-0.25, -0.2) is 9.78 Å². The number of nitrogens with zero attached hydrogens (tertiary/aromatic N) is 1. The van der Waals surface area contributed by atoms with Crippen LogP contribution in [0, 0.1) is 6.92 Å². The molecule has 1 aromatic carbocycles. The zero-order valence-electron chi connectivity index (χ0n) is 23.7. The van der Waals surface area contributed by atoms with Crippen molar-refractivity contribution in [2.24, 2.45) is 4.99 Å². The molecule has 0 saturated heterocycles. The molecule has 13 heteroatoms. The molecule has 4 heterocycles. The van der Waals surface area contributed by atoms with E-state index in [1.807, 2.05) is 26.2 Å². The molecule has 7 atom stereocenters. The van der Waals surface area contributed by atoms with Crippen molar-refractivity contribution < 1.29 is 49.4 Å². The summed E-state index contributed by atoms with van der Waals surface area (Å²) >= 11 is 0. The third-order valence-corrected chi connectivity index (χ3v) is 8.04. The van der Waals surface area contributed by atoms with Gasteiger partial charge in [-0.05, 0) is 39.6 Å². The lowest BCUT2D eigenvalue weighted by molar-refractivity contribution is -0.759. The van der Waals surface area contributed by atoms with Gasteiger partial charge in [-0.2, -0.15) is 0 Å². The molecular formula is C29H38N3O10+. The van der Waals surface area contributed by atoms with Crippen molar-refractivity contribution in [2.75, 3.05) is 33.4 Å². The molecule has 0 radical (unpaired) electrons. The Morgan fingerprint density at radius 3 is 2.69 bits per heavy atom. The van der Waals surface area contributed by atoms with Gasteiger partial charge in [0.25, 0.3) is 0 Å². The van der Waals surface area contributed by atoms with Crippen LogP contribution in [0.15, 0.2) is 50.4 Å². The molecule has 0 aliphatic carbocycles. The molecule has 3 aliphatic heterocycles. The van der Waals surface area contributed by atoms with Crippen molar-refractivity contribution in [3.05, 3.63) is 57.7 Å². The summed E-state index contributed by atoms with van der Waals surface area (Å²) in [6, 6.07) is 3.20. The summed E-state index contributed by atoms with van der Waals surface area (Å²) in [4.78, 5) is 29.6. The Kier molecular flexibility index (Phi) is 8.94. The molecule has 2 aromatic rings. The molecule has 1 aromatic heterocycles. The van der Waals surface area contributed by atoms with E-state index < -0.39 is 49.3 Å². The number of aliphatic hydroxyl groups excluding tert-OH is 5. The van der Waals surface area contributed by atoms with Crippen molar-refractivity contribution in [1.29, 1.82) is 0 Å². The van der Waals surface area contributed by atoms with Gasteiger partial charge in [0, 0.05) is 30.7 Å². The zero-order chi connectivity index (χ0) is 30.2. The molecule has 3 aliphatic rings. The number of rotatable bonds is 12. The van der Waals surface area contributed by atoms with E-state index in [0.29, 0.717) is 59.7 Å². The SMILES string of the molecule is CNCC[C@]1(C)Oc2c(cc3c(=O)cc(C)oc3c2[NH+]2C=C3C=CN=C3C2)C[C@H]1OOC[C@H](O)[C@@H](O)[C@H](O)[C@H](O)CO. The predicted octanol–water partition coefficient (Wildman–Crippen LogP) is -1.46. The molecule has 7 N–H and O–H groups in total. The van der Waals surface area contributed by atoms with E-state index in [-0.39, 0.29) is 5.43 Å². The molecule has 228 valence electrons. The summed E-state index contributed by atoms with van der Waals surface area (Å²) in [6.45, 7) is 3.43. The Hall–Kier alpha value is -2.98. The second kappa shape index (κ2) is 12.3. The first-order valence-electron chi connectivity index (χ1n) is 13.9. The van der Waals surface area contributed by atoms with Crippen LogP contribution < -0.4 is 20.4 Å². The number of quaternary nitrogens is 1. The maximum atomic E-state index is 13.1. The number of aryl methyl sites for hydroxylation is 1. The summed E-state index contributed by atoms with van der Waals surface area (Å²) < 4.78 is 12.9. The van der Waals surface area contributed by atoms with Crippen molar-refractivity contribution >= 4 is 22.4 Å². The van der Waals surface area contributed by atoms with Crippen molar-refractivity contribution in [3.8, 4) is 5.75 Å². The van der Waals surface area contributed by atoms with Crippen molar-refractivity contribution in [3.63, 3.8) is 0 Å². The first-order chi connectivity index (χ1) is 20.1. The second-order valence-corrected chi connectivity index (χ2v) is 11.2. The normalized spacial score (nSPS) is 25.8. The smallest absolute Gasteiger partial charge is 0.222 e. The lowest BCUT2D eigenvalue weighted by Gasteiger charge is -2.42. The Morgan fingerprint density at radius 1 is 1.21 bits per heavy atom. The van der Waals surface area contributed by atoms with Crippen LogP contribution in [0.2, 0.25) is 0 Å². The van der Waals surface area contributed by atoms with E-state index in [9.17, 15) is 25.2 Å². The number of aliphatic hydroxyl groups is 5. The first-order valence-corrected chi connectivity index (χ1v) is 13.9. The molecule has 0 fully saturated rings. The van der Waals surface area contributed by atoms with E-state index in [4.69, 9.17) is 24.0 Å². The minimum Gasteiger partial charge on any atom is -0.478 e. The summed E-state index contributed by atoms with van der Waals surface area (Å²) in [6.07, 6.45) is -0.988. The largest absolute Gasteiger partial charge is 0.478 e. The minimum atomic E-state index is -1.79. The molecule has 0 spiro atoms. The van der Waals surface area contributed by atoms with Gasteiger partial charge in [0.1, 0.15) is 66.9 Å². The topological polar surface area (TPSA) is 188 Å². The number of hydrogen-bond acceptors (Lipinski definition) is 12. The van der Waals surface area contributed by atoms with E-state index >= 15 is 0 Å². The van der Waals surface area contributed by atoms with Gasteiger partial charge in [0.2, 0.25) is 11.3 Å². The molecule has 0 saturated carbocycles. The maximum absolute atomic E-state index is 13.1. The Balaban J connectivity index is 1.47. The number of ether oxygens (including phenoxy) is 1. The van der Waals surface area contributed by atoms with Crippen LogP contribution in [0.5, 0.6) is 5.75 Å². The number of benzene rings is 1. The lowest BCUT2D eigenvalue weighted by Crippen LogP contribution is -3.01. The average Bonchev–Trinajstić information content (AvgIpc) is 3.57. The molecule has 42 heavy (non-hydrogen) atoms. The average molecular weight is 589 g/mol. The van der Waals surface area contributed by atoms with Crippen LogP contribution >= 0.6 is 0 Å². The molecule has 5 rings (SSSR count). The fraction of sp³-hybridized carbons (Fsp3) is 0.517. The quantitative estimate of drug-likeness (QED) is 0.113. The summed E-state index contributed by atoms with van der Waals surface area (Å²) in [5.74, 6) is 1.07. The van der Waals surface area contributed by atoms with Gasteiger partial charge < -0.3 is 40.0 Å². The van der Waals surface area contributed by atoms with Crippen LogP contribution in [0.3, 0.4) is 0 Å². The van der Waals surface area contributed by atoms with Gasteiger partial charge in [-0.1, -0.05) is 0 Å². The van der Waals surface area contributed by atoms with Crippen LogP contribution in [-0.4, -0.2) is 101 Å². The van der Waals surface area contributed by atoms with Crippen LogP contribution in [-0.2, 0) is 16.2 Å². The summed E-state index contributed by atoms with van der Waals surface area (Å²) in [7, 11) is 1.82. The molecule has 0 bridgehead atoms. The highest BCUT2D eigenvalue weighted by molar-refractivity contribution is 6.07. The molecule has 1 unspecified atom stereocenters. The number of aliphatic imine (C=N–C) groups is 1. The van der Waals surface area contributed by atoms with Crippen LogP contribution in [0.1, 0.15) is 24.7 Å². The standard InChI is InChI=1S/C29H37N3O10/c1-15-8-20(34)18-9-17-10-23(42-39-14-22(36)26(38)25(37)21(35)13-33)29(2,5-7-30-3)41-27(17)24(28(18)40-15)32-11-16-4-6-31-19(16)12-32/h4,6,8-9,11,21-23,25-26,30,33,35-38H,5,7,10,12-14H2,1-3H3/p+1/t21-,22+,23-,25-,26-,29+/m1/s1. The predicted molar refractivity (Wildman–Crippen MR) is 151 cm³/mol. The van der Waals surface area contributed by atoms with Crippen molar-refractivity contribution in [1.82, 2.24) is 5.32 Å². The Morgan fingerprint density at radius 2 is 1.98 bits per heavy atom. The van der Waals surface area contributed by atoms with Gasteiger partial charge in [0.05, 0.1) is 17.6 Å². The van der Waals surface area contributed by atoms with Gasteiger partial charge >= 0.3 is 0 Å². The van der Waals surface area contributed by atoms with Gasteiger partial charge in [0.15, 0.2) is 11.2 Å². The number of fused-ring (bicyclic) bond motifs is 3. The zero-order valence-corrected chi connectivity index (χ0v) is 23.7. The van der Waals surface area contributed by atoms with Gasteiger partial charge in [-0.3, -0.25) is 14.7 Å². The van der Waals surface area contributed by atoms with Gasteiger partial charge in [-0.15, -0.1) is 0 Å².